The Morgan fingerprint density at radius 3 is 2.55 bits per heavy atom. The fourth-order valence-corrected chi connectivity index (χ4v) is 4.18. The standard InChI is InChI=1S/C22H25FN4O2/c1-16-14-21(28)24-19-4-2-3-5-20(19)27(16)22(29)15-25-10-12-26(13-11-25)18-8-6-17(23)7-9-18/h2-9,16H,10-15H2,1H3,(H,24,28)/p+1/t16-/m0/s1. The minimum atomic E-state index is -0.233. The molecule has 2 aromatic rings. The van der Waals surface area contributed by atoms with E-state index in [1.807, 2.05) is 31.2 Å². The van der Waals surface area contributed by atoms with E-state index in [4.69, 9.17) is 0 Å². The highest BCUT2D eigenvalue weighted by Crippen LogP contribution is 2.31. The molecule has 0 saturated carbocycles. The van der Waals surface area contributed by atoms with Crippen molar-refractivity contribution in [2.24, 2.45) is 0 Å². The van der Waals surface area contributed by atoms with Gasteiger partial charge in [0.25, 0.3) is 5.91 Å². The van der Waals surface area contributed by atoms with Gasteiger partial charge in [0.15, 0.2) is 6.54 Å². The van der Waals surface area contributed by atoms with E-state index >= 15 is 0 Å². The number of quaternary nitrogens is 1. The van der Waals surface area contributed by atoms with Gasteiger partial charge in [-0.15, -0.1) is 0 Å². The van der Waals surface area contributed by atoms with Crippen LogP contribution in [0.4, 0.5) is 21.5 Å². The third-order valence-corrected chi connectivity index (χ3v) is 5.69. The molecular formula is C22H26FN4O2+. The molecular weight excluding hydrogens is 371 g/mol. The van der Waals surface area contributed by atoms with Gasteiger partial charge in [-0.25, -0.2) is 4.39 Å². The molecule has 0 aliphatic carbocycles. The number of anilines is 3. The van der Waals surface area contributed by atoms with Gasteiger partial charge in [-0.3, -0.25) is 9.59 Å². The second-order valence-corrected chi connectivity index (χ2v) is 7.77. The van der Waals surface area contributed by atoms with Crippen LogP contribution in [0.1, 0.15) is 13.3 Å². The maximum Gasteiger partial charge on any atom is 0.282 e. The number of carbonyl (C=O) groups excluding carboxylic acids is 2. The molecule has 2 aromatic carbocycles. The van der Waals surface area contributed by atoms with Gasteiger partial charge in [0.1, 0.15) is 5.82 Å². The Morgan fingerprint density at radius 1 is 1.14 bits per heavy atom. The summed E-state index contributed by atoms with van der Waals surface area (Å²) in [5.74, 6) is -0.268. The number of piperazine rings is 1. The van der Waals surface area contributed by atoms with Crippen LogP contribution in [0.2, 0.25) is 0 Å². The second-order valence-electron chi connectivity index (χ2n) is 7.77. The first-order valence-corrected chi connectivity index (χ1v) is 10.1. The van der Waals surface area contributed by atoms with E-state index in [9.17, 15) is 14.0 Å². The van der Waals surface area contributed by atoms with Gasteiger partial charge in [0.2, 0.25) is 5.91 Å². The highest BCUT2D eigenvalue weighted by molar-refractivity contribution is 6.04. The largest absolute Gasteiger partial charge is 0.360 e. The summed E-state index contributed by atoms with van der Waals surface area (Å²) in [6.07, 6.45) is 0.286. The minimum Gasteiger partial charge on any atom is -0.360 e. The van der Waals surface area contributed by atoms with Crippen molar-refractivity contribution in [2.45, 2.75) is 19.4 Å². The summed E-state index contributed by atoms with van der Waals surface area (Å²) in [5, 5.41) is 2.90. The van der Waals surface area contributed by atoms with Crippen molar-refractivity contribution in [3.05, 3.63) is 54.3 Å². The molecule has 0 radical (unpaired) electrons. The molecule has 2 N–H and O–H groups in total. The number of benzene rings is 2. The molecule has 1 saturated heterocycles. The molecule has 152 valence electrons. The zero-order chi connectivity index (χ0) is 20.4. The smallest absolute Gasteiger partial charge is 0.282 e. The molecule has 0 aromatic heterocycles. The molecule has 29 heavy (non-hydrogen) atoms. The lowest BCUT2D eigenvalue weighted by molar-refractivity contribution is -0.892. The molecule has 2 heterocycles. The fourth-order valence-electron chi connectivity index (χ4n) is 4.18. The van der Waals surface area contributed by atoms with Gasteiger partial charge in [0.05, 0.1) is 37.6 Å². The van der Waals surface area contributed by atoms with E-state index in [2.05, 4.69) is 10.2 Å². The number of hydrogen-bond acceptors (Lipinski definition) is 3. The van der Waals surface area contributed by atoms with Crippen LogP contribution in [-0.4, -0.2) is 50.6 Å². The zero-order valence-electron chi connectivity index (χ0n) is 16.5. The van der Waals surface area contributed by atoms with Crippen molar-refractivity contribution in [3.63, 3.8) is 0 Å². The molecule has 0 unspecified atom stereocenters. The Balaban J connectivity index is 1.42. The number of amides is 2. The van der Waals surface area contributed by atoms with Crippen molar-refractivity contribution in [3.8, 4) is 0 Å². The topological polar surface area (TPSA) is 57.1 Å². The van der Waals surface area contributed by atoms with Crippen LogP contribution < -0.4 is 20.0 Å². The third kappa shape index (κ3) is 4.24. The Morgan fingerprint density at radius 2 is 1.83 bits per heavy atom. The van der Waals surface area contributed by atoms with Crippen LogP contribution in [-0.2, 0) is 9.59 Å². The van der Waals surface area contributed by atoms with Crippen LogP contribution >= 0.6 is 0 Å². The van der Waals surface area contributed by atoms with Gasteiger partial charge < -0.3 is 20.0 Å². The second kappa shape index (κ2) is 8.21. The van der Waals surface area contributed by atoms with Crippen molar-refractivity contribution in [1.82, 2.24) is 0 Å². The monoisotopic (exact) mass is 397 g/mol. The molecule has 0 bridgehead atoms. The molecule has 2 aliphatic rings. The SMILES string of the molecule is C[C@H]1CC(=O)Nc2ccccc2N1C(=O)C[NH+]1CCN(c2ccc(F)cc2)CC1. The molecule has 2 aliphatic heterocycles. The van der Waals surface area contributed by atoms with Gasteiger partial charge in [-0.05, 0) is 43.3 Å². The number of hydrogen-bond donors (Lipinski definition) is 2. The summed E-state index contributed by atoms with van der Waals surface area (Å²) >= 11 is 0. The van der Waals surface area contributed by atoms with E-state index < -0.39 is 0 Å². The summed E-state index contributed by atoms with van der Waals surface area (Å²) in [6.45, 7) is 5.63. The molecule has 1 atom stereocenters. The van der Waals surface area contributed by atoms with E-state index in [0.29, 0.717) is 12.2 Å². The number of nitrogens with one attached hydrogen (secondary N) is 2. The molecule has 4 rings (SSSR count). The number of para-hydroxylation sites is 2. The number of nitrogens with zero attached hydrogens (tertiary/aromatic N) is 2. The van der Waals surface area contributed by atoms with E-state index in [0.717, 1.165) is 37.6 Å². The number of fused-ring (bicyclic) bond motifs is 1. The molecule has 0 spiro atoms. The van der Waals surface area contributed by atoms with Gasteiger partial charge in [-0.1, -0.05) is 12.1 Å². The quantitative estimate of drug-likeness (QED) is 0.821. The summed E-state index contributed by atoms with van der Waals surface area (Å²) in [6, 6.07) is 13.8. The zero-order valence-corrected chi connectivity index (χ0v) is 16.5. The van der Waals surface area contributed by atoms with Crippen LogP contribution in [0.25, 0.3) is 0 Å². The number of carbonyl (C=O) groups is 2. The molecule has 1 fully saturated rings. The fraction of sp³-hybridized carbons (Fsp3) is 0.364. The van der Waals surface area contributed by atoms with Crippen LogP contribution in [0.3, 0.4) is 0 Å². The highest BCUT2D eigenvalue weighted by atomic mass is 19.1. The first-order chi connectivity index (χ1) is 14.0. The summed E-state index contributed by atoms with van der Waals surface area (Å²) in [4.78, 5) is 30.5. The van der Waals surface area contributed by atoms with E-state index in [-0.39, 0.29) is 30.1 Å². The van der Waals surface area contributed by atoms with Crippen molar-refractivity contribution in [2.75, 3.05) is 47.8 Å². The summed E-state index contributed by atoms with van der Waals surface area (Å²) < 4.78 is 13.1. The molecule has 2 amide bonds. The van der Waals surface area contributed by atoms with Crippen LogP contribution in [0.15, 0.2) is 48.5 Å². The normalized spacial score (nSPS) is 20.1. The van der Waals surface area contributed by atoms with E-state index in [1.54, 1.807) is 17.0 Å². The predicted molar refractivity (Wildman–Crippen MR) is 111 cm³/mol. The van der Waals surface area contributed by atoms with Crippen LogP contribution in [0.5, 0.6) is 0 Å². The van der Waals surface area contributed by atoms with Crippen molar-refractivity contribution < 1.29 is 18.9 Å². The maximum atomic E-state index is 13.2. The highest BCUT2D eigenvalue weighted by Gasteiger charge is 2.32. The number of rotatable bonds is 3. The minimum absolute atomic E-state index is 0.0340. The lowest BCUT2D eigenvalue weighted by Crippen LogP contribution is -3.16. The van der Waals surface area contributed by atoms with Crippen molar-refractivity contribution >= 4 is 28.9 Å². The predicted octanol–water partition coefficient (Wildman–Crippen LogP) is 1.29. The molecule has 7 heteroatoms. The van der Waals surface area contributed by atoms with Crippen molar-refractivity contribution in [1.29, 1.82) is 0 Å². The average molecular weight is 397 g/mol. The summed E-state index contributed by atoms with van der Waals surface area (Å²) in [5.41, 5.74) is 2.46. The Hall–Kier alpha value is -2.93. The van der Waals surface area contributed by atoms with Gasteiger partial charge >= 0.3 is 0 Å². The Kier molecular flexibility index (Phi) is 5.49. The van der Waals surface area contributed by atoms with Crippen LogP contribution in [0, 0.1) is 5.82 Å². The van der Waals surface area contributed by atoms with E-state index in [1.165, 1.54) is 17.0 Å². The first kappa shape index (κ1) is 19.4. The lowest BCUT2D eigenvalue weighted by atomic mass is 10.1. The molecule has 6 nitrogen and oxygen atoms in total. The first-order valence-electron chi connectivity index (χ1n) is 10.1. The number of halogens is 1. The third-order valence-electron chi connectivity index (χ3n) is 5.69. The maximum absolute atomic E-state index is 13.2. The van der Waals surface area contributed by atoms with Gasteiger partial charge in [0, 0.05) is 18.2 Å². The average Bonchev–Trinajstić information content (AvgIpc) is 2.83. The Bertz CT molecular complexity index is 894. The Labute approximate surface area is 169 Å². The lowest BCUT2D eigenvalue weighted by Gasteiger charge is -2.35. The van der Waals surface area contributed by atoms with Gasteiger partial charge in [-0.2, -0.15) is 0 Å². The summed E-state index contributed by atoms with van der Waals surface area (Å²) in [7, 11) is 0.